The van der Waals surface area contributed by atoms with Crippen LogP contribution in [0.25, 0.3) is 0 Å². The van der Waals surface area contributed by atoms with Crippen LogP contribution in [0.15, 0.2) is 0 Å². The highest BCUT2D eigenvalue weighted by atomic mass is 16.5. The third-order valence-electron chi connectivity index (χ3n) is 2.94. The summed E-state index contributed by atoms with van der Waals surface area (Å²) >= 11 is 0. The molecule has 1 rings (SSSR count). The highest BCUT2D eigenvalue weighted by Crippen LogP contribution is 2.29. The summed E-state index contributed by atoms with van der Waals surface area (Å²) in [5, 5.41) is 2.75. The number of amides is 1. The average Bonchev–Trinajstić information content (AvgIpc) is 2.29. The number of ether oxygens (including phenoxy) is 2. The lowest BCUT2D eigenvalue weighted by Crippen LogP contribution is -2.56. The average molecular weight is 229 g/mol. The molecule has 1 aliphatic carbocycles. The van der Waals surface area contributed by atoms with Crippen molar-refractivity contribution in [1.82, 2.24) is 5.32 Å². The fourth-order valence-electron chi connectivity index (χ4n) is 2.16. The van der Waals surface area contributed by atoms with Gasteiger partial charge < -0.3 is 14.8 Å². The molecule has 1 aliphatic rings. The van der Waals surface area contributed by atoms with Gasteiger partial charge >= 0.3 is 5.97 Å². The summed E-state index contributed by atoms with van der Waals surface area (Å²) in [6, 6.07) is 0. The van der Waals surface area contributed by atoms with Gasteiger partial charge in [-0.2, -0.15) is 0 Å². The first-order valence-electron chi connectivity index (χ1n) is 5.53. The van der Waals surface area contributed by atoms with Crippen LogP contribution in [0.1, 0.15) is 32.1 Å². The van der Waals surface area contributed by atoms with Crippen molar-refractivity contribution in [2.45, 2.75) is 37.6 Å². The highest BCUT2D eigenvalue weighted by Gasteiger charge is 2.41. The molecular formula is C11H19NO4. The van der Waals surface area contributed by atoms with Crippen LogP contribution in [0.4, 0.5) is 0 Å². The maximum atomic E-state index is 11.8. The molecule has 0 aromatic heterocycles. The lowest BCUT2D eigenvalue weighted by atomic mass is 9.81. The second-order valence-corrected chi connectivity index (χ2v) is 4.12. The Kier molecular flexibility index (Phi) is 4.73. The topological polar surface area (TPSA) is 64.6 Å². The van der Waals surface area contributed by atoms with Gasteiger partial charge in [0, 0.05) is 7.11 Å². The van der Waals surface area contributed by atoms with Gasteiger partial charge in [0.25, 0.3) is 0 Å². The number of rotatable bonds is 4. The van der Waals surface area contributed by atoms with Crippen molar-refractivity contribution in [3.63, 3.8) is 0 Å². The summed E-state index contributed by atoms with van der Waals surface area (Å²) < 4.78 is 9.52. The first kappa shape index (κ1) is 13.0. The third-order valence-corrected chi connectivity index (χ3v) is 2.94. The van der Waals surface area contributed by atoms with E-state index in [2.05, 4.69) is 5.32 Å². The second kappa shape index (κ2) is 5.84. The molecule has 0 atom stereocenters. The normalized spacial score (nSPS) is 18.9. The minimum Gasteiger partial charge on any atom is -0.467 e. The largest absolute Gasteiger partial charge is 0.467 e. The Hall–Kier alpha value is -1.10. The molecule has 0 aromatic rings. The summed E-state index contributed by atoms with van der Waals surface area (Å²) in [5.74, 6) is -0.619. The molecule has 0 aromatic carbocycles. The molecule has 0 heterocycles. The van der Waals surface area contributed by atoms with E-state index in [0.717, 1.165) is 19.3 Å². The monoisotopic (exact) mass is 229 g/mol. The second-order valence-electron chi connectivity index (χ2n) is 4.12. The lowest BCUT2D eigenvalue weighted by molar-refractivity contribution is -0.153. The number of hydrogen-bond donors (Lipinski definition) is 1. The predicted molar refractivity (Wildman–Crippen MR) is 57.9 cm³/mol. The van der Waals surface area contributed by atoms with Gasteiger partial charge in [-0.05, 0) is 12.8 Å². The molecule has 1 N–H and O–H groups in total. The minimum atomic E-state index is -0.831. The fourth-order valence-corrected chi connectivity index (χ4v) is 2.16. The zero-order valence-electron chi connectivity index (χ0n) is 9.88. The molecule has 0 saturated heterocycles. The maximum absolute atomic E-state index is 11.8. The molecule has 0 aliphatic heterocycles. The van der Waals surface area contributed by atoms with Gasteiger partial charge in [-0.1, -0.05) is 19.3 Å². The van der Waals surface area contributed by atoms with Crippen molar-refractivity contribution in [3.8, 4) is 0 Å². The molecule has 92 valence electrons. The first-order chi connectivity index (χ1) is 7.64. The lowest BCUT2D eigenvalue weighted by Gasteiger charge is -2.35. The highest BCUT2D eigenvalue weighted by molar-refractivity contribution is 5.88. The van der Waals surface area contributed by atoms with Gasteiger partial charge in [-0.15, -0.1) is 0 Å². The van der Waals surface area contributed by atoms with Crippen LogP contribution >= 0.6 is 0 Å². The molecule has 0 radical (unpaired) electrons. The molecule has 0 bridgehead atoms. The molecule has 0 unspecified atom stereocenters. The molecule has 5 nitrogen and oxygen atoms in total. The minimum absolute atomic E-state index is 0.0290. The molecule has 1 amide bonds. The van der Waals surface area contributed by atoms with E-state index in [0.29, 0.717) is 12.8 Å². The van der Waals surface area contributed by atoms with E-state index < -0.39 is 5.54 Å². The van der Waals surface area contributed by atoms with Crippen molar-refractivity contribution in [3.05, 3.63) is 0 Å². The van der Waals surface area contributed by atoms with Crippen molar-refractivity contribution in [2.24, 2.45) is 0 Å². The van der Waals surface area contributed by atoms with E-state index in [1.165, 1.54) is 14.2 Å². The molecule has 0 spiro atoms. The van der Waals surface area contributed by atoms with Crippen LogP contribution in [-0.4, -0.2) is 38.2 Å². The van der Waals surface area contributed by atoms with E-state index in [1.807, 2.05) is 0 Å². The molecule has 1 fully saturated rings. The Morgan fingerprint density at radius 2 is 1.81 bits per heavy atom. The third kappa shape index (κ3) is 2.95. The Bertz CT molecular complexity index is 259. The number of esters is 1. The van der Waals surface area contributed by atoms with E-state index in [-0.39, 0.29) is 18.5 Å². The summed E-state index contributed by atoms with van der Waals surface area (Å²) in [4.78, 5) is 23.2. The van der Waals surface area contributed by atoms with Gasteiger partial charge in [0.05, 0.1) is 7.11 Å². The van der Waals surface area contributed by atoms with E-state index in [1.54, 1.807) is 0 Å². The van der Waals surface area contributed by atoms with Crippen LogP contribution in [-0.2, 0) is 19.1 Å². The van der Waals surface area contributed by atoms with Gasteiger partial charge in [-0.25, -0.2) is 4.79 Å². The number of carbonyl (C=O) groups is 2. The fraction of sp³-hybridized carbons (Fsp3) is 0.818. The van der Waals surface area contributed by atoms with E-state index >= 15 is 0 Å². The summed E-state index contributed by atoms with van der Waals surface area (Å²) in [7, 11) is 2.80. The molecule has 1 saturated carbocycles. The van der Waals surface area contributed by atoms with Crippen molar-refractivity contribution >= 4 is 11.9 Å². The zero-order valence-corrected chi connectivity index (χ0v) is 9.88. The quantitative estimate of drug-likeness (QED) is 0.718. The van der Waals surface area contributed by atoms with Gasteiger partial charge in [0.1, 0.15) is 12.1 Å². The smallest absolute Gasteiger partial charge is 0.331 e. The van der Waals surface area contributed by atoms with Gasteiger partial charge in [0.2, 0.25) is 5.91 Å². The van der Waals surface area contributed by atoms with Crippen molar-refractivity contribution in [1.29, 1.82) is 0 Å². The van der Waals surface area contributed by atoms with Crippen LogP contribution < -0.4 is 5.32 Å². The van der Waals surface area contributed by atoms with E-state index in [4.69, 9.17) is 9.47 Å². The predicted octanol–water partition coefficient (Wildman–Crippen LogP) is 0.625. The summed E-state index contributed by atoms with van der Waals surface area (Å²) in [6.07, 6.45) is 4.26. The Balaban J connectivity index is 2.70. The standard InChI is InChI=1S/C11H19NO4/c1-15-8-9(13)12-11(10(14)16-2)6-4-3-5-7-11/h3-8H2,1-2H3,(H,12,13). The van der Waals surface area contributed by atoms with E-state index in [9.17, 15) is 9.59 Å². The molecule has 16 heavy (non-hydrogen) atoms. The maximum Gasteiger partial charge on any atom is 0.331 e. The van der Waals surface area contributed by atoms with Crippen LogP contribution in [0.3, 0.4) is 0 Å². The first-order valence-corrected chi connectivity index (χ1v) is 5.53. The van der Waals surface area contributed by atoms with Crippen molar-refractivity contribution < 1.29 is 19.1 Å². The number of methoxy groups -OCH3 is 2. The Labute approximate surface area is 95.5 Å². The van der Waals surface area contributed by atoms with Crippen molar-refractivity contribution in [2.75, 3.05) is 20.8 Å². The number of carbonyl (C=O) groups excluding carboxylic acids is 2. The summed E-state index contributed by atoms with van der Waals surface area (Å²) in [6.45, 7) is -0.0290. The zero-order chi connectivity index (χ0) is 12.0. The SMILES string of the molecule is COCC(=O)NC1(C(=O)OC)CCCCC1. The van der Waals surface area contributed by atoms with Gasteiger partial charge in [0.15, 0.2) is 0 Å². The summed E-state index contributed by atoms with van der Waals surface area (Å²) in [5.41, 5.74) is -0.831. The van der Waals surface area contributed by atoms with Crippen LogP contribution in [0, 0.1) is 0 Å². The Morgan fingerprint density at radius 3 is 2.31 bits per heavy atom. The molecular weight excluding hydrogens is 210 g/mol. The van der Waals surface area contributed by atoms with Gasteiger partial charge in [-0.3, -0.25) is 4.79 Å². The number of nitrogens with one attached hydrogen (secondary N) is 1. The van der Waals surface area contributed by atoms with Crippen LogP contribution in [0.5, 0.6) is 0 Å². The van der Waals surface area contributed by atoms with Crippen LogP contribution in [0.2, 0.25) is 0 Å². The number of hydrogen-bond acceptors (Lipinski definition) is 4. The Morgan fingerprint density at radius 1 is 1.19 bits per heavy atom. The molecule has 5 heteroatoms.